The molecule has 3 heterocycles. The Bertz CT molecular complexity index is 1200. The topological polar surface area (TPSA) is 85.8 Å². The zero-order valence-electron chi connectivity index (χ0n) is 19.4. The first-order valence-corrected chi connectivity index (χ1v) is 11.6. The molecule has 3 aromatic rings. The summed E-state index contributed by atoms with van der Waals surface area (Å²) in [5.74, 6) is -0.256. The Morgan fingerprint density at radius 1 is 1.24 bits per heavy atom. The molecule has 1 aromatic carbocycles. The van der Waals surface area contributed by atoms with Crippen molar-refractivity contribution in [3.63, 3.8) is 0 Å². The summed E-state index contributed by atoms with van der Waals surface area (Å²) in [6.07, 6.45) is 5.96. The molecule has 1 atom stereocenters. The Balaban J connectivity index is 1.90. The molecule has 1 aliphatic heterocycles. The summed E-state index contributed by atoms with van der Waals surface area (Å²) in [5.41, 5.74) is 8.00. The van der Waals surface area contributed by atoms with Crippen molar-refractivity contribution in [3.05, 3.63) is 51.9 Å². The summed E-state index contributed by atoms with van der Waals surface area (Å²) in [6.45, 7) is 8.66. The molecule has 1 amide bonds. The molecule has 2 N–H and O–H groups in total. The third-order valence-corrected chi connectivity index (χ3v) is 6.32. The SMILES string of the molecule is Cc1nc([C@@H](C)c2cc(Cl)c(F)c(C(=O)N3CCCCC3)c2OC(C)C)n2ccnc(N)c12. The molecule has 0 radical (unpaired) electrons. The molecule has 1 saturated heterocycles. The van der Waals surface area contributed by atoms with Crippen molar-refractivity contribution in [2.75, 3.05) is 18.8 Å². The maximum Gasteiger partial charge on any atom is 0.260 e. The van der Waals surface area contributed by atoms with Gasteiger partial charge in [0.25, 0.3) is 5.91 Å². The third-order valence-electron chi connectivity index (χ3n) is 6.05. The highest BCUT2D eigenvalue weighted by Crippen LogP contribution is 2.40. The highest BCUT2D eigenvalue weighted by atomic mass is 35.5. The molecule has 2 aromatic heterocycles. The standard InChI is InChI=1S/C24H29ClFN5O2/c1-13(2)33-21-16(14(3)23-29-15(4)20-22(27)28-8-11-31(20)23)12-17(25)19(26)18(21)24(32)30-9-6-5-7-10-30/h8,11-14H,5-7,9-10H2,1-4H3,(H2,27,28)/t14-/m0/s1. The molecule has 7 nitrogen and oxygen atoms in total. The van der Waals surface area contributed by atoms with E-state index in [-0.39, 0.29) is 28.4 Å². The van der Waals surface area contributed by atoms with Crippen LogP contribution in [0.4, 0.5) is 10.2 Å². The molecule has 0 bridgehead atoms. The molecule has 1 aliphatic rings. The van der Waals surface area contributed by atoms with E-state index in [2.05, 4.69) is 4.98 Å². The molecule has 0 saturated carbocycles. The van der Waals surface area contributed by atoms with E-state index in [4.69, 9.17) is 27.1 Å². The fourth-order valence-corrected chi connectivity index (χ4v) is 4.68. The van der Waals surface area contributed by atoms with Gasteiger partial charge in [-0.3, -0.25) is 9.20 Å². The number of nitrogens with two attached hydrogens (primary N) is 1. The van der Waals surface area contributed by atoms with Gasteiger partial charge >= 0.3 is 0 Å². The van der Waals surface area contributed by atoms with Crippen LogP contribution < -0.4 is 10.5 Å². The van der Waals surface area contributed by atoms with Crippen molar-refractivity contribution in [1.29, 1.82) is 0 Å². The summed E-state index contributed by atoms with van der Waals surface area (Å²) >= 11 is 6.33. The zero-order valence-corrected chi connectivity index (χ0v) is 20.1. The van der Waals surface area contributed by atoms with E-state index in [9.17, 15) is 4.79 Å². The average molecular weight is 474 g/mol. The minimum absolute atomic E-state index is 0.112. The Morgan fingerprint density at radius 2 is 1.94 bits per heavy atom. The lowest BCUT2D eigenvalue weighted by atomic mass is 9.95. The lowest BCUT2D eigenvalue weighted by molar-refractivity contribution is 0.0712. The van der Waals surface area contributed by atoms with Gasteiger partial charge in [0.1, 0.15) is 28.5 Å². The second-order valence-corrected chi connectivity index (χ2v) is 9.20. The Labute approximate surface area is 197 Å². The summed E-state index contributed by atoms with van der Waals surface area (Å²) in [6, 6.07) is 1.53. The van der Waals surface area contributed by atoms with Gasteiger partial charge in [0.2, 0.25) is 0 Å². The van der Waals surface area contributed by atoms with Gasteiger partial charge in [-0.1, -0.05) is 18.5 Å². The lowest BCUT2D eigenvalue weighted by Gasteiger charge is -2.29. The second-order valence-electron chi connectivity index (χ2n) is 8.79. The largest absolute Gasteiger partial charge is 0.490 e. The minimum Gasteiger partial charge on any atom is -0.490 e. The van der Waals surface area contributed by atoms with E-state index < -0.39 is 11.7 Å². The minimum atomic E-state index is -0.753. The molecule has 0 unspecified atom stereocenters. The number of halogens is 2. The van der Waals surface area contributed by atoms with E-state index in [0.717, 1.165) is 25.0 Å². The fourth-order valence-electron chi connectivity index (χ4n) is 4.47. The molecule has 1 fully saturated rings. The van der Waals surface area contributed by atoms with Gasteiger partial charge in [-0.15, -0.1) is 0 Å². The van der Waals surface area contributed by atoms with Crippen LogP contribution in [0.3, 0.4) is 0 Å². The Kier molecular flexibility index (Phi) is 6.47. The lowest BCUT2D eigenvalue weighted by Crippen LogP contribution is -2.36. The number of ether oxygens (including phenoxy) is 1. The highest BCUT2D eigenvalue weighted by Gasteiger charge is 2.32. The number of hydrogen-bond donors (Lipinski definition) is 1. The number of piperidine rings is 1. The van der Waals surface area contributed by atoms with Gasteiger partial charge in [0.15, 0.2) is 5.82 Å². The number of carbonyl (C=O) groups excluding carboxylic acids is 1. The predicted octanol–water partition coefficient (Wildman–Crippen LogP) is 4.98. The quantitative estimate of drug-likeness (QED) is 0.565. The van der Waals surface area contributed by atoms with Crippen LogP contribution in [0.1, 0.15) is 73.4 Å². The summed E-state index contributed by atoms with van der Waals surface area (Å²) in [4.78, 5) is 24.0. The van der Waals surface area contributed by atoms with E-state index >= 15 is 4.39 Å². The number of nitrogens with zero attached hydrogens (tertiary/aromatic N) is 4. The summed E-state index contributed by atoms with van der Waals surface area (Å²) < 4.78 is 23.3. The van der Waals surface area contributed by atoms with Gasteiger partial charge in [-0.25, -0.2) is 14.4 Å². The summed E-state index contributed by atoms with van der Waals surface area (Å²) in [7, 11) is 0. The normalized spacial score (nSPS) is 15.3. The van der Waals surface area contributed by atoms with Crippen LogP contribution in [-0.4, -0.2) is 44.4 Å². The number of nitrogen functional groups attached to an aromatic ring is 1. The Morgan fingerprint density at radius 3 is 2.61 bits per heavy atom. The predicted molar refractivity (Wildman–Crippen MR) is 127 cm³/mol. The third kappa shape index (κ3) is 4.24. The van der Waals surface area contributed by atoms with Gasteiger partial charge in [0.05, 0.1) is 16.8 Å². The number of amides is 1. The van der Waals surface area contributed by atoms with Crippen molar-refractivity contribution >= 4 is 28.8 Å². The number of aryl methyl sites for hydroxylation is 1. The van der Waals surface area contributed by atoms with Crippen molar-refractivity contribution in [2.24, 2.45) is 0 Å². The van der Waals surface area contributed by atoms with Crippen molar-refractivity contribution < 1.29 is 13.9 Å². The van der Waals surface area contributed by atoms with Crippen LogP contribution in [-0.2, 0) is 0 Å². The molecular formula is C24H29ClFN5O2. The maximum absolute atomic E-state index is 15.4. The van der Waals surface area contributed by atoms with Crippen molar-refractivity contribution in [2.45, 2.75) is 59.0 Å². The molecule has 0 spiro atoms. The zero-order chi connectivity index (χ0) is 23.9. The van der Waals surface area contributed by atoms with Crippen molar-refractivity contribution in [1.82, 2.24) is 19.3 Å². The van der Waals surface area contributed by atoms with Gasteiger partial charge < -0.3 is 15.4 Å². The van der Waals surface area contributed by atoms with E-state index in [1.165, 1.54) is 6.07 Å². The fraction of sp³-hybridized carbons (Fsp3) is 0.458. The average Bonchev–Trinajstić information content (AvgIpc) is 3.13. The first-order chi connectivity index (χ1) is 15.7. The van der Waals surface area contributed by atoms with Gasteiger partial charge in [-0.2, -0.15) is 0 Å². The van der Waals surface area contributed by atoms with Crippen LogP contribution in [0.5, 0.6) is 5.75 Å². The highest BCUT2D eigenvalue weighted by molar-refractivity contribution is 6.31. The second kappa shape index (κ2) is 9.17. The molecule has 176 valence electrons. The van der Waals surface area contributed by atoms with Crippen LogP contribution in [0.15, 0.2) is 18.5 Å². The number of benzene rings is 1. The molecule has 4 rings (SSSR count). The monoisotopic (exact) mass is 473 g/mol. The number of anilines is 1. The van der Waals surface area contributed by atoms with Crippen LogP contribution in [0, 0.1) is 12.7 Å². The van der Waals surface area contributed by atoms with E-state index in [1.807, 2.05) is 32.1 Å². The first-order valence-electron chi connectivity index (χ1n) is 11.3. The van der Waals surface area contributed by atoms with Crippen molar-refractivity contribution in [3.8, 4) is 5.75 Å². The van der Waals surface area contributed by atoms with Gasteiger partial charge in [0, 0.05) is 37.0 Å². The number of rotatable bonds is 5. The van der Waals surface area contributed by atoms with Gasteiger partial charge in [-0.05, 0) is 46.1 Å². The van der Waals surface area contributed by atoms with E-state index in [1.54, 1.807) is 17.3 Å². The van der Waals surface area contributed by atoms with Crippen LogP contribution in [0.25, 0.3) is 5.52 Å². The number of fused-ring (bicyclic) bond motifs is 1. The number of likely N-dealkylation sites (tertiary alicyclic amines) is 1. The summed E-state index contributed by atoms with van der Waals surface area (Å²) in [5, 5.41) is -0.118. The first kappa shape index (κ1) is 23.3. The number of hydrogen-bond acceptors (Lipinski definition) is 5. The maximum atomic E-state index is 15.4. The molecular weight excluding hydrogens is 445 g/mol. The van der Waals surface area contributed by atoms with Crippen LogP contribution in [0.2, 0.25) is 5.02 Å². The number of aromatic nitrogens is 3. The number of imidazole rings is 1. The Hall–Kier alpha value is -2.87. The molecule has 9 heteroatoms. The molecule has 0 aliphatic carbocycles. The smallest absolute Gasteiger partial charge is 0.260 e. The molecule has 33 heavy (non-hydrogen) atoms. The number of carbonyl (C=O) groups is 1. The van der Waals surface area contributed by atoms with E-state index in [0.29, 0.717) is 35.8 Å². The van der Waals surface area contributed by atoms with Crippen LogP contribution >= 0.6 is 11.6 Å².